The quantitative estimate of drug-likeness (QED) is 0.709. The maximum atomic E-state index is 13.4. The van der Waals surface area contributed by atoms with Gasteiger partial charge in [0.2, 0.25) is 0 Å². The highest BCUT2D eigenvalue weighted by atomic mass is 16.5. The number of rotatable bonds is 4. The SMILES string of the molecule is COC1(C)C(=O)N(c2cncc(Cc3n[nH]c(=O)c4ccccc34)c2)C2=CC=CCC21. The van der Waals surface area contributed by atoms with Crippen molar-refractivity contribution in [1.29, 1.82) is 0 Å². The third-order valence-corrected chi connectivity index (χ3v) is 6.29. The van der Waals surface area contributed by atoms with E-state index in [2.05, 4.69) is 21.3 Å². The second-order valence-corrected chi connectivity index (χ2v) is 8.03. The van der Waals surface area contributed by atoms with Crippen molar-refractivity contribution in [3.8, 4) is 0 Å². The van der Waals surface area contributed by atoms with Gasteiger partial charge in [0.05, 0.1) is 23.0 Å². The molecule has 1 saturated heterocycles. The van der Waals surface area contributed by atoms with Crippen molar-refractivity contribution in [3.63, 3.8) is 0 Å². The lowest BCUT2D eigenvalue weighted by Crippen LogP contribution is -2.42. The van der Waals surface area contributed by atoms with E-state index < -0.39 is 5.60 Å². The summed E-state index contributed by atoms with van der Waals surface area (Å²) in [5.74, 6) is -0.134. The molecule has 0 saturated carbocycles. The lowest BCUT2D eigenvalue weighted by atomic mass is 9.85. The zero-order valence-electron chi connectivity index (χ0n) is 17.3. The van der Waals surface area contributed by atoms with E-state index in [0.717, 1.165) is 28.8 Å². The zero-order valence-corrected chi connectivity index (χ0v) is 17.3. The number of benzene rings is 1. The summed E-state index contributed by atoms with van der Waals surface area (Å²) in [6, 6.07) is 9.34. The van der Waals surface area contributed by atoms with Crippen LogP contribution in [0.3, 0.4) is 0 Å². The van der Waals surface area contributed by atoms with Gasteiger partial charge in [-0.15, -0.1) is 0 Å². The van der Waals surface area contributed by atoms with Crippen LogP contribution in [0.2, 0.25) is 0 Å². The molecule has 2 aliphatic rings. The normalized spacial score (nSPS) is 22.6. The fraction of sp³-hybridized carbons (Fsp3) is 0.250. The van der Waals surface area contributed by atoms with Crippen LogP contribution in [0.5, 0.6) is 0 Å². The molecular formula is C24H22N4O3. The summed E-state index contributed by atoms with van der Waals surface area (Å²) >= 11 is 0. The Bertz CT molecular complexity index is 1310. The summed E-state index contributed by atoms with van der Waals surface area (Å²) < 4.78 is 5.69. The topological polar surface area (TPSA) is 88.2 Å². The molecule has 156 valence electrons. The number of carbonyl (C=O) groups excluding carboxylic acids is 1. The van der Waals surface area contributed by atoms with Crippen molar-refractivity contribution in [1.82, 2.24) is 15.2 Å². The number of amides is 1. The van der Waals surface area contributed by atoms with E-state index in [1.807, 2.05) is 43.3 Å². The average Bonchev–Trinajstić information content (AvgIpc) is 3.03. The first-order valence-corrected chi connectivity index (χ1v) is 10.2. The van der Waals surface area contributed by atoms with Crippen LogP contribution in [0.15, 0.2) is 71.4 Å². The van der Waals surface area contributed by atoms with Crippen LogP contribution in [0.25, 0.3) is 10.8 Å². The summed E-state index contributed by atoms with van der Waals surface area (Å²) in [7, 11) is 1.58. The Kier molecular flexibility index (Phi) is 4.55. The van der Waals surface area contributed by atoms with Crippen molar-refractivity contribution in [2.45, 2.75) is 25.4 Å². The third-order valence-electron chi connectivity index (χ3n) is 6.29. The molecule has 3 heterocycles. The predicted octanol–water partition coefficient (Wildman–Crippen LogP) is 3.12. The van der Waals surface area contributed by atoms with E-state index in [4.69, 9.17) is 4.74 Å². The number of methoxy groups -OCH3 is 1. The minimum Gasteiger partial charge on any atom is -0.368 e. The summed E-state index contributed by atoms with van der Waals surface area (Å²) in [5, 5.41) is 8.24. The van der Waals surface area contributed by atoms with Gasteiger partial charge in [0.1, 0.15) is 0 Å². The van der Waals surface area contributed by atoms with Gasteiger partial charge in [-0.25, -0.2) is 5.10 Å². The molecule has 0 spiro atoms. The van der Waals surface area contributed by atoms with E-state index in [1.54, 1.807) is 30.5 Å². The number of aromatic nitrogens is 3. The minimum atomic E-state index is -0.913. The maximum Gasteiger partial charge on any atom is 0.272 e. The molecule has 1 amide bonds. The van der Waals surface area contributed by atoms with Crippen LogP contribution < -0.4 is 10.5 Å². The number of carbonyl (C=O) groups is 1. The van der Waals surface area contributed by atoms with Crippen LogP contribution in [-0.4, -0.2) is 33.8 Å². The molecule has 1 aliphatic heterocycles. The van der Waals surface area contributed by atoms with E-state index in [9.17, 15) is 9.59 Å². The summed E-state index contributed by atoms with van der Waals surface area (Å²) in [4.78, 5) is 31.5. The Hall–Kier alpha value is -3.58. The number of nitrogens with one attached hydrogen (secondary N) is 1. The monoisotopic (exact) mass is 414 g/mol. The molecule has 5 rings (SSSR count). The molecule has 7 heteroatoms. The molecule has 1 N–H and O–H groups in total. The Balaban J connectivity index is 1.54. The minimum absolute atomic E-state index is 0.0385. The number of anilines is 1. The Morgan fingerprint density at radius 1 is 1.23 bits per heavy atom. The number of hydrogen-bond donors (Lipinski definition) is 1. The first-order valence-electron chi connectivity index (χ1n) is 10.2. The Labute approximate surface area is 179 Å². The van der Waals surface area contributed by atoms with Gasteiger partial charge in [0.25, 0.3) is 11.5 Å². The lowest BCUT2D eigenvalue weighted by molar-refractivity contribution is -0.138. The van der Waals surface area contributed by atoms with Crippen molar-refractivity contribution in [2.75, 3.05) is 12.0 Å². The van der Waals surface area contributed by atoms with Gasteiger partial charge in [-0.3, -0.25) is 19.5 Å². The van der Waals surface area contributed by atoms with E-state index in [1.165, 1.54) is 0 Å². The molecular weight excluding hydrogens is 392 g/mol. The molecule has 1 aromatic carbocycles. The van der Waals surface area contributed by atoms with Crippen molar-refractivity contribution in [3.05, 3.63) is 88.3 Å². The van der Waals surface area contributed by atoms with Gasteiger partial charge in [0.15, 0.2) is 5.60 Å². The number of aromatic amines is 1. The molecule has 0 bridgehead atoms. The van der Waals surface area contributed by atoms with Crippen molar-refractivity contribution in [2.24, 2.45) is 5.92 Å². The smallest absolute Gasteiger partial charge is 0.272 e. The van der Waals surface area contributed by atoms with E-state index in [0.29, 0.717) is 17.5 Å². The van der Waals surface area contributed by atoms with E-state index in [-0.39, 0.29) is 17.4 Å². The first-order chi connectivity index (χ1) is 15.0. The highest BCUT2D eigenvalue weighted by molar-refractivity contribution is 6.06. The van der Waals surface area contributed by atoms with Crippen molar-refractivity contribution >= 4 is 22.4 Å². The first kappa shape index (κ1) is 19.4. The summed E-state index contributed by atoms with van der Waals surface area (Å²) in [5.41, 5.74) is 2.14. The van der Waals surface area contributed by atoms with Gasteiger partial charge in [0, 0.05) is 36.7 Å². The van der Waals surface area contributed by atoms with Gasteiger partial charge in [-0.05, 0) is 37.1 Å². The standard InChI is InChI=1S/C24H22N4O3/c1-24(31-2)19-9-5-6-10-21(19)28(23(24)30)16-11-15(13-25-14-16)12-20-17-7-3-4-8-18(17)22(29)27-26-20/h3-8,10-11,13-14,19H,9,12H2,1-2H3,(H,27,29). The zero-order chi connectivity index (χ0) is 21.6. The predicted molar refractivity (Wildman–Crippen MR) is 118 cm³/mol. The summed E-state index contributed by atoms with van der Waals surface area (Å²) in [6.07, 6.45) is 10.7. The van der Waals surface area contributed by atoms with Gasteiger partial charge < -0.3 is 4.74 Å². The van der Waals surface area contributed by atoms with Crippen molar-refractivity contribution < 1.29 is 9.53 Å². The third kappa shape index (κ3) is 3.00. The van der Waals surface area contributed by atoms with Gasteiger partial charge >= 0.3 is 0 Å². The fourth-order valence-electron chi connectivity index (χ4n) is 4.53. The number of pyridine rings is 1. The molecule has 0 radical (unpaired) electrons. The molecule has 3 aromatic rings. The second kappa shape index (κ2) is 7.28. The van der Waals surface area contributed by atoms with Crippen LogP contribution in [0.4, 0.5) is 5.69 Å². The molecule has 1 fully saturated rings. The summed E-state index contributed by atoms with van der Waals surface area (Å²) in [6.45, 7) is 1.85. The molecule has 2 atom stereocenters. The van der Waals surface area contributed by atoms with Crippen LogP contribution in [-0.2, 0) is 16.0 Å². The Morgan fingerprint density at radius 3 is 2.84 bits per heavy atom. The number of ether oxygens (including phenoxy) is 1. The molecule has 7 nitrogen and oxygen atoms in total. The highest BCUT2D eigenvalue weighted by Crippen LogP contribution is 2.45. The Morgan fingerprint density at radius 2 is 2.03 bits per heavy atom. The maximum absolute atomic E-state index is 13.4. The number of hydrogen-bond acceptors (Lipinski definition) is 5. The number of fused-ring (bicyclic) bond motifs is 2. The van der Waals surface area contributed by atoms with Crippen LogP contribution in [0, 0.1) is 5.92 Å². The van der Waals surface area contributed by atoms with Gasteiger partial charge in [-0.1, -0.05) is 30.4 Å². The molecule has 2 aromatic heterocycles. The average molecular weight is 414 g/mol. The van der Waals surface area contributed by atoms with Crippen LogP contribution >= 0.6 is 0 Å². The lowest BCUT2D eigenvalue weighted by Gasteiger charge is -2.26. The molecule has 31 heavy (non-hydrogen) atoms. The number of H-pyrrole nitrogens is 1. The number of allylic oxidation sites excluding steroid dienone is 3. The van der Waals surface area contributed by atoms with Gasteiger partial charge in [-0.2, -0.15) is 5.10 Å². The highest BCUT2D eigenvalue weighted by Gasteiger charge is 2.54. The molecule has 2 unspecified atom stereocenters. The fourth-order valence-corrected chi connectivity index (χ4v) is 4.53. The second-order valence-electron chi connectivity index (χ2n) is 8.03. The number of nitrogens with zero attached hydrogens (tertiary/aromatic N) is 3. The van der Waals surface area contributed by atoms with Crippen LogP contribution in [0.1, 0.15) is 24.6 Å². The van der Waals surface area contributed by atoms with E-state index >= 15 is 0 Å². The largest absolute Gasteiger partial charge is 0.368 e. The molecule has 1 aliphatic carbocycles.